The van der Waals surface area contributed by atoms with Gasteiger partial charge in [-0.1, -0.05) is 12.1 Å². The Balaban J connectivity index is 2.94. The summed E-state index contributed by atoms with van der Waals surface area (Å²) in [5, 5.41) is 9.49. The number of para-hydroxylation sites is 1. The Morgan fingerprint density at radius 2 is 1.94 bits per heavy atom. The highest BCUT2D eigenvalue weighted by molar-refractivity contribution is 5.55. The first-order valence-corrected chi connectivity index (χ1v) is 5.46. The number of aliphatic hydroxyl groups excluding tert-OH is 1. The van der Waals surface area contributed by atoms with Gasteiger partial charge in [0.2, 0.25) is 0 Å². The molecular weight excluding hydrogens is 250 g/mol. The van der Waals surface area contributed by atoms with E-state index in [1.165, 1.54) is 31.0 Å². The van der Waals surface area contributed by atoms with Crippen LogP contribution in [0.1, 0.15) is 25.0 Å². The minimum absolute atomic E-state index is 0.0109. The summed E-state index contributed by atoms with van der Waals surface area (Å²) in [5.74, 6) is -0.641. The van der Waals surface area contributed by atoms with E-state index >= 15 is 0 Å². The molecule has 1 N–H and O–H groups in total. The number of aliphatic hydroxyl groups is 1. The SMILES string of the molecule is CC(O)c1cccc(F)c1N(C)CCC(F)(F)F. The predicted molar refractivity (Wildman–Crippen MR) is 61.0 cm³/mol. The fourth-order valence-corrected chi connectivity index (χ4v) is 1.68. The van der Waals surface area contributed by atoms with Crippen LogP contribution in [0, 0.1) is 5.82 Å². The highest BCUT2D eigenvalue weighted by Gasteiger charge is 2.28. The summed E-state index contributed by atoms with van der Waals surface area (Å²) in [4.78, 5) is 1.17. The second kappa shape index (κ2) is 5.56. The third-order valence-electron chi connectivity index (χ3n) is 2.58. The van der Waals surface area contributed by atoms with Crippen LogP contribution in [0.25, 0.3) is 0 Å². The number of alkyl halides is 3. The van der Waals surface area contributed by atoms with Crippen LogP contribution < -0.4 is 4.90 Å². The van der Waals surface area contributed by atoms with Crippen molar-refractivity contribution < 1.29 is 22.7 Å². The molecule has 0 heterocycles. The third kappa shape index (κ3) is 3.87. The number of hydrogen-bond acceptors (Lipinski definition) is 2. The minimum atomic E-state index is -4.29. The Labute approximate surface area is 103 Å². The lowest BCUT2D eigenvalue weighted by atomic mass is 10.1. The van der Waals surface area contributed by atoms with Crippen molar-refractivity contribution in [3.8, 4) is 0 Å². The molecule has 0 radical (unpaired) electrons. The Bertz CT molecular complexity index is 404. The molecule has 1 aromatic rings. The number of anilines is 1. The molecule has 1 rings (SSSR count). The molecule has 0 bridgehead atoms. The van der Waals surface area contributed by atoms with Gasteiger partial charge in [0.05, 0.1) is 18.2 Å². The first kappa shape index (κ1) is 14.8. The Morgan fingerprint density at radius 3 is 2.44 bits per heavy atom. The number of rotatable bonds is 4. The van der Waals surface area contributed by atoms with Gasteiger partial charge >= 0.3 is 6.18 Å². The maximum atomic E-state index is 13.6. The van der Waals surface area contributed by atoms with E-state index in [4.69, 9.17) is 0 Å². The molecule has 0 saturated carbocycles. The molecule has 0 aliphatic carbocycles. The van der Waals surface area contributed by atoms with E-state index in [9.17, 15) is 22.7 Å². The van der Waals surface area contributed by atoms with Crippen LogP contribution in [-0.2, 0) is 0 Å². The largest absolute Gasteiger partial charge is 0.390 e. The Morgan fingerprint density at radius 1 is 1.33 bits per heavy atom. The lowest BCUT2D eigenvalue weighted by Gasteiger charge is -2.24. The summed E-state index contributed by atoms with van der Waals surface area (Å²) >= 11 is 0. The molecule has 102 valence electrons. The molecule has 6 heteroatoms. The molecule has 0 aromatic heterocycles. The smallest absolute Gasteiger partial charge is 0.389 e. The van der Waals surface area contributed by atoms with Crippen LogP contribution in [0.3, 0.4) is 0 Å². The van der Waals surface area contributed by atoms with E-state index in [1.54, 1.807) is 0 Å². The number of halogens is 4. The Hall–Kier alpha value is -1.30. The average Bonchev–Trinajstić information content (AvgIpc) is 2.24. The van der Waals surface area contributed by atoms with Gasteiger partial charge in [0.15, 0.2) is 0 Å². The molecule has 0 amide bonds. The van der Waals surface area contributed by atoms with Gasteiger partial charge in [-0.3, -0.25) is 0 Å². The number of nitrogens with zero attached hydrogens (tertiary/aromatic N) is 1. The lowest BCUT2D eigenvalue weighted by molar-refractivity contribution is -0.132. The monoisotopic (exact) mass is 265 g/mol. The van der Waals surface area contributed by atoms with Crippen molar-refractivity contribution in [2.45, 2.75) is 25.6 Å². The Kier molecular flexibility index (Phi) is 4.56. The van der Waals surface area contributed by atoms with Gasteiger partial charge in [0.25, 0.3) is 0 Å². The molecule has 0 spiro atoms. The van der Waals surface area contributed by atoms with Crippen molar-refractivity contribution in [3.05, 3.63) is 29.6 Å². The highest BCUT2D eigenvalue weighted by atomic mass is 19.4. The maximum Gasteiger partial charge on any atom is 0.390 e. The summed E-state index contributed by atoms with van der Waals surface area (Å²) in [6.07, 6.45) is -6.26. The second-order valence-corrected chi connectivity index (χ2v) is 4.14. The van der Waals surface area contributed by atoms with Gasteiger partial charge < -0.3 is 10.0 Å². The van der Waals surface area contributed by atoms with E-state index in [2.05, 4.69) is 0 Å². The van der Waals surface area contributed by atoms with E-state index in [1.807, 2.05) is 0 Å². The van der Waals surface area contributed by atoms with Crippen LogP contribution in [0.15, 0.2) is 18.2 Å². The van der Waals surface area contributed by atoms with Crippen molar-refractivity contribution in [1.82, 2.24) is 0 Å². The lowest BCUT2D eigenvalue weighted by Crippen LogP contribution is -2.26. The van der Waals surface area contributed by atoms with Crippen molar-refractivity contribution in [2.75, 3.05) is 18.5 Å². The van der Waals surface area contributed by atoms with E-state index in [0.717, 1.165) is 6.07 Å². The van der Waals surface area contributed by atoms with E-state index < -0.39 is 24.5 Å². The molecule has 18 heavy (non-hydrogen) atoms. The highest BCUT2D eigenvalue weighted by Crippen LogP contribution is 2.30. The van der Waals surface area contributed by atoms with Crippen LogP contribution in [0.5, 0.6) is 0 Å². The first-order valence-electron chi connectivity index (χ1n) is 5.46. The summed E-state index contributed by atoms with van der Waals surface area (Å²) in [6, 6.07) is 4.07. The number of hydrogen-bond donors (Lipinski definition) is 1. The summed E-state index contributed by atoms with van der Waals surface area (Å²) in [7, 11) is 1.37. The maximum absolute atomic E-state index is 13.6. The van der Waals surface area contributed by atoms with Crippen LogP contribution >= 0.6 is 0 Å². The van der Waals surface area contributed by atoms with Gasteiger partial charge in [0, 0.05) is 19.2 Å². The summed E-state index contributed by atoms with van der Waals surface area (Å²) in [6.45, 7) is 1.08. The fourth-order valence-electron chi connectivity index (χ4n) is 1.68. The minimum Gasteiger partial charge on any atom is -0.389 e. The van der Waals surface area contributed by atoms with E-state index in [-0.39, 0.29) is 17.8 Å². The molecule has 1 unspecified atom stereocenters. The zero-order valence-corrected chi connectivity index (χ0v) is 10.1. The molecule has 1 aromatic carbocycles. The fraction of sp³-hybridized carbons (Fsp3) is 0.500. The van der Waals surface area contributed by atoms with Crippen molar-refractivity contribution in [2.24, 2.45) is 0 Å². The van der Waals surface area contributed by atoms with Crippen molar-refractivity contribution in [3.63, 3.8) is 0 Å². The normalized spacial score (nSPS) is 13.5. The third-order valence-corrected chi connectivity index (χ3v) is 2.58. The zero-order valence-electron chi connectivity index (χ0n) is 10.1. The average molecular weight is 265 g/mol. The molecule has 1 atom stereocenters. The predicted octanol–water partition coefficient (Wildman–Crippen LogP) is 3.27. The molecule has 2 nitrogen and oxygen atoms in total. The molecule has 0 saturated heterocycles. The van der Waals surface area contributed by atoms with Gasteiger partial charge in [-0.15, -0.1) is 0 Å². The van der Waals surface area contributed by atoms with Crippen LogP contribution in [-0.4, -0.2) is 24.9 Å². The van der Waals surface area contributed by atoms with Gasteiger partial charge in [-0.25, -0.2) is 4.39 Å². The molecule has 0 aliphatic heterocycles. The quantitative estimate of drug-likeness (QED) is 0.845. The van der Waals surface area contributed by atoms with Gasteiger partial charge in [0.1, 0.15) is 5.82 Å². The van der Waals surface area contributed by atoms with E-state index in [0.29, 0.717) is 0 Å². The van der Waals surface area contributed by atoms with Crippen LogP contribution in [0.2, 0.25) is 0 Å². The summed E-state index contributed by atoms with van der Waals surface area (Å²) in [5.41, 5.74) is 0.288. The summed E-state index contributed by atoms with van der Waals surface area (Å²) < 4.78 is 50.0. The topological polar surface area (TPSA) is 23.5 Å². The van der Waals surface area contributed by atoms with Crippen molar-refractivity contribution >= 4 is 5.69 Å². The molecular formula is C12H15F4NO. The zero-order chi connectivity index (χ0) is 13.9. The molecule has 0 aliphatic rings. The van der Waals surface area contributed by atoms with Crippen molar-refractivity contribution in [1.29, 1.82) is 0 Å². The van der Waals surface area contributed by atoms with Gasteiger partial charge in [-0.2, -0.15) is 13.2 Å². The molecule has 0 fully saturated rings. The standard InChI is InChI=1S/C12H15F4NO/c1-8(18)9-4-3-5-10(13)11(9)17(2)7-6-12(14,15)16/h3-5,8,18H,6-7H2,1-2H3. The number of benzene rings is 1. The van der Waals surface area contributed by atoms with Crippen LogP contribution in [0.4, 0.5) is 23.2 Å². The first-order chi connectivity index (χ1) is 8.22. The second-order valence-electron chi connectivity index (χ2n) is 4.14. The van der Waals surface area contributed by atoms with Gasteiger partial charge in [-0.05, 0) is 13.0 Å².